The monoisotopic (exact) mass is 426 g/mol. The molecule has 0 radical (unpaired) electrons. The summed E-state index contributed by atoms with van der Waals surface area (Å²) < 4.78 is 21.6. The molecule has 8 heteroatoms. The maximum atomic E-state index is 14.3. The molecular formula is C24H19FN6O. The lowest BCUT2D eigenvalue weighted by molar-refractivity contribution is 0.279. The number of ether oxygens (including phenoxy) is 1. The predicted octanol–water partition coefficient (Wildman–Crippen LogP) is 4.10. The van der Waals surface area contributed by atoms with Crippen molar-refractivity contribution in [2.24, 2.45) is 5.73 Å². The Morgan fingerprint density at radius 1 is 0.938 bits per heavy atom. The molecule has 7 nitrogen and oxygen atoms in total. The quantitative estimate of drug-likeness (QED) is 0.440. The zero-order valence-electron chi connectivity index (χ0n) is 17.0. The van der Waals surface area contributed by atoms with Crippen LogP contribution in [-0.4, -0.2) is 31.3 Å². The van der Waals surface area contributed by atoms with E-state index >= 15 is 0 Å². The number of pyridine rings is 1. The summed E-state index contributed by atoms with van der Waals surface area (Å²) in [5.74, 6) is -0.0146. The van der Waals surface area contributed by atoms with E-state index in [9.17, 15) is 4.39 Å². The van der Waals surface area contributed by atoms with Crippen LogP contribution in [0, 0.1) is 5.82 Å². The summed E-state index contributed by atoms with van der Waals surface area (Å²) in [6.07, 6.45) is 6.45. The maximum absolute atomic E-state index is 14.3. The van der Waals surface area contributed by atoms with Crippen LogP contribution in [0.25, 0.3) is 28.0 Å². The van der Waals surface area contributed by atoms with E-state index in [-0.39, 0.29) is 18.5 Å². The number of hydrogen-bond acceptors (Lipinski definition) is 6. The minimum Gasteiger partial charge on any atom is -0.475 e. The van der Waals surface area contributed by atoms with E-state index < -0.39 is 0 Å². The number of aromatic nitrogens is 5. The summed E-state index contributed by atoms with van der Waals surface area (Å²) in [7, 11) is 0. The van der Waals surface area contributed by atoms with Gasteiger partial charge >= 0.3 is 0 Å². The van der Waals surface area contributed by atoms with E-state index in [1.165, 1.54) is 12.3 Å². The minimum atomic E-state index is -0.360. The Labute approximate surface area is 183 Å². The van der Waals surface area contributed by atoms with Gasteiger partial charge < -0.3 is 10.5 Å². The molecule has 0 amide bonds. The van der Waals surface area contributed by atoms with Gasteiger partial charge in [0.05, 0.1) is 35.8 Å². The molecule has 0 saturated heterocycles. The number of halogens is 1. The highest BCUT2D eigenvalue weighted by Gasteiger charge is 2.13. The van der Waals surface area contributed by atoms with Crippen LogP contribution in [-0.2, 0) is 0 Å². The van der Waals surface area contributed by atoms with E-state index in [4.69, 9.17) is 10.5 Å². The first-order valence-electron chi connectivity index (χ1n) is 10.0. The van der Waals surface area contributed by atoms with Gasteiger partial charge in [0.2, 0.25) is 5.88 Å². The molecule has 0 aliphatic rings. The zero-order chi connectivity index (χ0) is 21.9. The topological polar surface area (TPSA) is 91.7 Å². The first kappa shape index (κ1) is 19.8. The van der Waals surface area contributed by atoms with Crippen molar-refractivity contribution in [2.75, 3.05) is 6.61 Å². The van der Waals surface area contributed by atoms with Gasteiger partial charge in [-0.15, -0.1) is 0 Å². The lowest BCUT2D eigenvalue weighted by Crippen LogP contribution is -2.19. The SMILES string of the molecule is N[C@@H](COc1cncc(-c2cc3c(cn2)cnn3-c2ccccc2F)n1)c1ccccc1. The molecule has 0 aliphatic carbocycles. The molecule has 0 unspecified atom stereocenters. The average molecular weight is 426 g/mol. The highest BCUT2D eigenvalue weighted by molar-refractivity contribution is 5.82. The number of nitrogens with zero attached hydrogens (tertiary/aromatic N) is 5. The summed E-state index contributed by atoms with van der Waals surface area (Å²) in [5, 5.41) is 5.10. The molecule has 3 aromatic heterocycles. The number of fused-ring (bicyclic) bond motifs is 1. The average Bonchev–Trinajstić information content (AvgIpc) is 3.26. The molecule has 0 fully saturated rings. The number of rotatable bonds is 6. The van der Waals surface area contributed by atoms with Gasteiger partial charge in [-0.2, -0.15) is 5.10 Å². The second kappa shape index (κ2) is 8.52. The first-order valence-corrected chi connectivity index (χ1v) is 10.0. The van der Waals surface area contributed by atoms with Crippen molar-refractivity contribution in [1.82, 2.24) is 24.7 Å². The normalized spacial score (nSPS) is 12.1. The Bertz CT molecular complexity index is 1370. The summed E-state index contributed by atoms with van der Waals surface area (Å²) >= 11 is 0. The zero-order valence-corrected chi connectivity index (χ0v) is 17.0. The van der Waals surface area contributed by atoms with Gasteiger partial charge in [0.1, 0.15) is 23.8 Å². The number of para-hydroxylation sites is 1. The van der Waals surface area contributed by atoms with Gasteiger partial charge in [-0.3, -0.25) is 9.97 Å². The van der Waals surface area contributed by atoms with Crippen molar-refractivity contribution in [1.29, 1.82) is 0 Å². The Kier molecular flexibility index (Phi) is 5.27. The second-order valence-electron chi connectivity index (χ2n) is 7.21. The number of benzene rings is 2. The largest absolute Gasteiger partial charge is 0.475 e. The van der Waals surface area contributed by atoms with E-state index in [1.54, 1.807) is 47.5 Å². The third-order valence-corrected chi connectivity index (χ3v) is 5.05. The fourth-order valence-electron chi connectivity index (χ4n) is 3.39. The van der Waals surface area contributed by atoms with Gasteiger partial charge in [0, 0.05) is 11.6 Å². The van der Waals surface area contributed by atoms with Crippen molar-refractivity contribution >= 4 is 10.9 Å². The van der Waals surface area contributed by atoms with Crippen LogP contribution >= 0.6 is 0 Å². The summed E-state index contributed by atoms with van der Waals surface area (Å²) in [6, 6.07) is 17.7. The van der Waals surface area contributed by atoms with Crippen molar-refractivity contribution in [3.8, 4) is 23.0 Å². The molecule has 1 atom stereocenters. The van der Waals surface area contributed by atoms with Crippen LogP contribution in [0.1, 0.15) is 11.6 Å². The van der Waals surface area contributed by atoms with Crippen molar-refractivity contribution in [3.05, 3.63) is 96.8 Å². The fourth-order valence-corrected chi connectivity index (χ4v) is 3.39. The third kappa shape index (κ3) is 3.91. The third-order valence-electron chi connectivity index (χ3n) is 5.05. The van der Waals surface area contributed by atoms with Crippen LogP contribution in [0.15, 0.2) is 85.5 Å². The van der Waals surface area contributed by atoms with E-state index in [1.807, 2.05) is 30.3 Å². The molecular weight excluding hydrogens is 407 g/mol. The molecule has 0 spiro atoms. The Hall–Kier alpha value is -4.17. The molecule has 5 aromatic rings. The summed E-state index contributed by atoms with van der Waals surface area (Å²) in [4.78, 5) is 13.2. The van der Waals surface area contributed by atoms with E-state index in [2.05, 4.69) is 20.1 Å². The van der Waals surface area contributed by atoms with Crippen LogP contribution in [0.4, 0.5) is 4.39 Å². The van der Waals surface area contributed by atoms with Crippen molar-refractivity contribution < 1.29 is 9.13 Å². The Balaban J connectivity index is 1.42. The predicted molar refractivity (Wildman–Crippen MR) is 119 cm³/mol. The summed E-state index contributed by atoms with van der Waals surface area (Å²) in [6.45, 7) is 0.259. The molecule has 158 valence electrons. The molecule has 0 saturated carbocycles. The van der Waals surface area contributed by atoms with Crippen LogP contribution in [0.2, 0.25) is 0 Å². The van der Waals surface area contributed by atoms with Gasteiger partial charge in [0.25, 0.3) is 0 Å². The highest BCUT2D eigenvalue weighted by Crippen LogP contribution is 2.24. The standard InChI is InChI=1S/C24H19FN6O/c25-18-8-4-5-9-22(18)31-23-10-20(28-11-17(23)12-29-31)21-13-27-14-24(30-21)32-15-19(26)16-6-2-1-3-7-16/h1-14,19H,15,26H2/t19-/m0/s1. The molecule has 32 heavy (non-hydrogen) atoms. The fraction of sp³-hybridized carbons (Fsp3) is 0.0833. The van der Waals surface area contributed by atoms with Crippen LogP contribution in [0.3, 0.4) is 0 Å². The van der Waals surface area contributed by atoms with Gasteiger partial charge in [0.15, 0.2) is 0 Å². The van der Waals surface area contributed by atoms with Crippen LogP contribution < -0.4 is 10.5 Å². The number of nitrogens with two attached hydrogens (primary N) is 1. The van der Waals surface area contributed by atoms with E-state index in [0.717, 1.165) is 10.9 Å². The smallest absolute Gasteiger partial charge is 0.232 e. The molecule has 0 aliphatic heterocycles. The Morgan fingerprint density at radius 2 is 1.75 bits per heavy atom. The highest BCUT2D eigenvalue weighted by atomic mass is 19.1. The molecule has 0 bridgehead atoms. The summed E-state index contributed by atoms with van der Waals surface area (Å²) in [5.41, 5.74) is 9.34. The van der Waals surface area contributed by atoms with Gasteiger partial charge in [-0.1, -0.05) is 42.5 Å². The van der Waals surface area contributed by atoms with Gasteiger partial charge in [-0.25, -0.2) is 14.1 Å². The molecule has 2 aromatic carbocycles. The van der Waals surface area contributed by atoms with E-state index in [0.29, 0.717) is 28.5 Å². The van der Waals surface area contributed by atoms with Crippen LogP contribution in [0.5, 0.6) is 5.88 Å². The minimum absolute atomic E-state index is 0.259. The number of hydrogen-bond donors (Lipinski definition) is 1. The lowest BCUT2D eigenvalue weighted by atomic mass is 10.1. The second-order valence-corrected chi connectivity index (χ2v) is 7.21. The van der Waals surface area contributed by atoms with Crippen molar-refractivity contribution in [3.63, 3.8) is 0 Å². The first-order chi connectivity index (χ1) is 15.7. The molecule has 2 N–H and O–H groups in total. The lowest BCUT2D eigenvalue weighted by Gasteiger charge is -2.13. The van der Waals surface area contributed by atoms with Gasteiger partial charge in [-0.05, 0) is 23.8 Å². The molecule has 5 rings (SSSR count). The Morgan fingerprint density at radius 3 is 2.59 bits per heavy atom. The maximum Gasteiger partial charge on any atom is 0.232 e. The van der Waals surface area contributed by atoms with Crippen molar-refractivity contribution in [2.45, 2.75) is 6.04 Å². The molecule has 3 heterocycles.